The number of benzene rings is 1. The zero-order valence-corrected chi connectivity index (χ0v) is 11.8. The fourth-order valence-electron chi connectivity index (χ4n) is 1.43. The van der Waals surface area contributed by atoms with Crippen LogP contribution in [-0.4, -0.2) is 20.3 Å². The van der Waals surface area contributed by atoms with E-state index in [0.717, 1.165) is 17.2 Å². The second kappa shape index (κ2) is 4.70. The molecule has 2 aromatic rings. The Kier molecular flexibility index (Phi) is 3.41. The van der Waals surface area contributed by atoms with Gasteiger partial charge in [0.1, 0.15) is 11.0 Å². The predicted octanol–water partition coefficient (Wildman–Crippen LogP) is 3.26. The van der Waals surface area contributed by atoms with Crippen molar-refractivity contribution in [3.05, 3.63) is 17.2 Å². The van der Waals surface area contributed by atoms with Crippen molar-refractivity contribution in [2.75, 3.05) is 5.32 Å². The molecule has 1 aromatic heterocycles. The van der Waals surface area contributed by atoms with E-state index in [1.165, 1.54) is 0 Å². The zero-order valence-electron chi connectivity index (χ0n) is 10.2. The summed E-state index contributed by atoms with van der Waals surface area (Å²) in [4.78, 5) is 11.8. The SMILES string of the molecule is CC(C)(C)NC(=O)Nc1c(Cl)ccc2nsnc12. The van der Waals surface area contributed by atoms with Crippen LogP contribution in [0.4, 0.5) is 10.5 Å². The number of nitrogens with one attached hydrogen (secondary N) is 2. The molecular formula is C11H13ClN4OS. The number of nitrogens with zero attached hydrogens (tertiary/aromatic N) is 2. The Morgan fingerprint density at radius 3 is 2.72 bits per heavy atom. The third-order valence-corrected chi connectivity index (χ3v) is 2.96. The highest BCUT2D eigenvalue weighted by molar-refractivity contribution is 7.00. The van der Waals surface area contributed by atoms with Gasteiger partial charge in [-0.25, -0.2) is 4.79 Å². The lowest BCUT2D eigenvalue weighted by Gasteiger charge is -2.21. The fraction of sp³-hybridized carbons (Fsp3) is 0.364. The number of carbonyl (C=O) groups is 1. The zero-order chi connectivity index (χ0) is 13.3. The molecule has 0 unspecified atom stereocenters. The van der Waals surface area contributed by atoms with Gasteiger partial charge in [-0.1, -0.05) is 11.6 Å². The highest BCUT2D eigenvalue weighted by Gasteiger charge is 2.17. The van der Waals surface area contributed by atoms with Gasteiger partial charge in [0.15, 0.2) is 0 Å². The molecule has 18 heavy (non-hydrogen) atoms. The van der Waals surface area contributed by atoms with E-state index >= 15 is 0 Å². The van der Waals surface area contributed by atoms with Gasteiger partial charge in [-0.05, 0) is 32.9 Å². The quantitative estimate of drug-likeness (QED) is 0.844. The fourth-order valence-corrected chi connectivity index (χ4v) is 2.17. The van der Waals surface area contributed by atoms with Crippen LogP contribution >= 0.6 is 23.3 Å². The summed E-state index contributed by atoms with van der Waals surface area (Å²) in [6, 6.07) is 3.15. The smallest absolute Gasteiger partial charge is 0.319 e. The first-order valence-corrected chi connectivity index (χ1v) is 6.47. The molecule has 1 heterocycles. The molecular weight excluding hydrogens is 272 g/mol. The normalized spacial score (nSPS) is 11.6. The van der Waals surface area contributed by atoms with Crippen molar-refractivity contribution in [1.82, 2.24) is 14.1 Å². The molecule has 0 aliphatic carbocycles. The molecule has 1 aromatic carbocycles. The Hall–Kier alpha value is -1.40. The van der Waals surface area contributed by atoms with Crippen LogP contribution in [0.3, 0.4) is 0 Å². The molecule has 0 aliphatic rings. The first-order chi connectivity index (χ1) is 8.37. The van der Waals surface area contributed by atoms with Gasteiger partial charge in [-0.3, -0.25) is 0 Å². The van der Waals surface area contributed by atoms with Gasteiger partial charge in [0.2, 0.25) is 0 Å². The Morgan fingerprint density at radius 1 is 1.33 bits per heavy atom. The summed E-state index contributed by atoms with van der Waals surface area (Å²) in [5.74, 6) is 0. The van der Waals surface area contributed by atoms with Gasteiger partial charge >= 0.3 is 6.03 Å². The molecule has 0 fully saturated rings. The van der Waals surface area contributed by atoms with Crippen LogP contribution in [0.5, 0.6) is 0 Å². The van der Waals surface area contributed by atoms with Crippen LogP contribution in [-0.2, 0) is 0 Å². The summed E-state index contributed by atoms with van der Waals surface area (Å²) >= 11 is 7.16. The third kappa shape index (κ3) is 2.88. The van der Waals surface area contributed by atoms with Gasteiger partial charge in [0, 0.05) is 5.54 Å². The van der Waals surface area contributed by atoms with E-state index in [0.29, 0.717) is 16.2 Å². The lowest BCUT2D eigenvalue weighted by Crippen LogP contribution is -2.43. The summed E-state index contributed by atoms with van der Waals surface area (Å²) in [6.07, 6.45) is 0. The number of amides is 2. The molecule has 5 nitrogen and oxygen atoms in total. The second-order valence-corrected chi connectivity index (χ2v) is 5.82. The van der Waals surface area contributed by atoms with Gasteiger partial charge in [0.25, 0.3) is 0 Å². The minimum atomic E-state index is -0.315. The largest absolute Gasteiger partial charge is 0.333 e. The summed E-state index contributed by atoms with van der Waals surface area (Å²) < 4.78 is 8.24. The Bertz CT molecular complexity index is 590. The molecule has 0 saturated carbocycles. The van der Waals surface area contributed by atoms with Crippen LogP contribution < -0.4 is 10.6 Å². The molecule has 0 atom stereocenters. The van der Waals surface area contributed by atoms with Gasteiger partial charge in [-0.15, -0.1) is 0 Å². The van der Waals surface area contributed by atoms with E-state index in [1.54, 1.807) is 12.1 Å². The molecule has 96 valence electrons. The van der Waals surface area contributed by atoms with Crippen LogP contribution in [0.25, 0.3) is 11.0 Å². The Labute approximate surface area is 114 Å². The van der Waals surface area contributed by atoms with Crippen molar-refractivity contribution < 1.29 is 4.79 Å². The lowest BCUT2D eigenvalue weighted by atomic mass is 10.1. The van der Waals surface area contributed by atoms with E-state index < -0.39 is 0 Å². The number of aromatic nitrogens is 2. The van der Waals surface area contributed by atoms with Crippen LogP contribution in [0.1, 0.15) is 20.8 Å². The molecule has 0 aliphatic heterocycles. The molecule has 0 spiro atoms. The third-order valence-electron chi connectivity index (χ3n) is 2.10. The van der Waals surface area contributed by atoms with E-state index in [-0.39, 0.29) is 11.6 Å². The maximum Gasteiger partial charge on any atom is 0.319 e. The molecule has 7 heteroatoms. The number of halogens is 1. The first-order valence-electron chi connectivity index (χ1n) is 5.37. The maximum atomic E-state index is 11.8. The van der Waals surface area contributed by atoms with Crippen LogP contribution in [0.2, 0.25) is 5.02 Å². The van der Waals surface area contributed by atoms with Crippen LogP contribution in [0, 0.1) is 0 Å². The Morgan fingerprint density at radius 2 is 2.06 bits per heavy atom. The Balaban J connectivity index is 2.28. The average molecular weight is 285 g/mol. The number of urea groups is 1. The van der Waals surface area contributed by atoms with E-state index in [1.807, 2.05) is 20.8 Å². The molecule has 0 bridgehead atoms. The monoisotopic (exact) mass is 284 g/mol. The summed E-state index contributed by atoms with van der Waals surface area (Å²) in [5.41, 5.74) is 1.50. The number of anilines is 1. The standard InChI is InChI=1S/C11H13ClN4OS/c1-11(2,3)14-10(17)13-8-6(12)4-5-7-9(8)16-18-15-7/h4-5H,1-3H3,(H2,13,14,17). The van der Waals surface area contributed by atoms with Crippen molar-refractivity contribution >= 4 is 46.1 Å². The lowest BCUT2D eigenvalue weighted by molar-refractivity contribution is 0.244. The average Bonchev–Trinajstić information content (AvgIpc) is 2.67. The predicted molar refractivity (Wildman–Crippen MR) is 74.3 cm³/mol. The highest BCUT2D eigenvalue weighted by atomic mass is 35.5. The molecule has 0 radical (unpaired) electrons. The highest BCUT2D eigenvalue weighted by Crippen LogP contribution is 2.29. The van der Waals surface area contributed by atoms with E-state index in [9.17, 15) is 4.79 Å². The van der Waals surface area contributed by atoms with E-state index in [2.05, 4.69) is 19.4 Å². The van der Waals surface area contributed by atoms with Crippen molar-refractivity contribution in [2.24, 2.45) is 0 Å². The molecule has 0 saturated heterocycles. The number of rotatable bonds is 1. The van der Waals surface area contributed by atoms with Crippen molar-refractivity contribution in [2.45, 2.75) is 26.3 Å². The van der Waals surface area contributed by atoms with Crippen molar-refractivity contribution in [1.29, 1.82) is 0 Å². The summed E-state index contributed by atoms with van der Waals surface area (Å²) in [6.45, 7) is 5.71. The minimum Gasteiger partial charge on any atom is -0.333 e. The minimum absolute atomic E-state index is 0.315. The van der Waals surface area contributed by atoms with Crippen molar-refractivity contribution in [3.63, 3.8) is 0 Å². The van der Waals surface area contributed by atoms with Gasteiger partial charge in [-0.2, -0.15) is 8.75 Å². The summed E-state index contributed by atoms with van der Waals surface area (Å²) in [5, 5.41) is 5.96. The number of fused-ring (bicyclic) bond motifs is 1. The van der Waals surface area contributed by atoms with E-state index in [4.69, 9.17) is 11.6 Å². The molecule has 2 rings (SSSR count). The van der Waals surface area contributed by atoms with Crippen molar-refractivity contribution in [3.8, 4) is 0 Å². The summed E-state index contributed by atoms with van der Waals surface area (Å²) in [7, 11) is 0. The number of hydrogen-bond donors (Lipinski definition) is 2. The number of carbonyl (C=O) groups excluding carboxylic acids is 1. The first kappa shape index (κ1) is 13.0. The number of hydrogen-bond acceptors (Lipinski definition) is 4. The van der Waals surface area contributed by atoms with Gasteiger partial charge < -0.3 is 10.6 Å². The molecule has 2 N–H and O–H groups in total. The van der Waals surface area contributed by atoms with Crippen LogP contribution in [0.15, 0.2) is 12.1 Å². The molecule has 2 amide bonds. The van der Waals surface area contributed by atoms with Gasteiger partial charge in [0.05, 0.1) is 22.4 Å². The topological polar surface area (TPSA) is 66.9 Å². The second-order valence-electron chi connectivity index (χ2n) is 4.88. The maximum absolute atomic E-state index is 11.8.